The summed E-state index contributed by atoms with van der Waals surface area (Å²) in [4.78, 5) is 4.54. The van der Waals surface area contributed by atoms with Crippen LogP contribution in [-0.2, 0) is 0 Å². The van der Waals surface area contributed by atoms with Gasteiger partial charge in [0.05, 0.1) is 6.04 Å². The van der Waals surface area contributed by atoms with Crippen LogP contribution >= 0.6 is 0 Å². The van der Waals surface area contributed by atoms with E-state index in [4.69, 9.17) is 11.5 Å². The Labute approximate surface area is 95.7 Å². The molecule has 1 aromatic carbocycles. The summed E-state index contributed by atoms with van der Waals surface area (Å²) in [7, 11) is 0. The van der Waals surface area contributed by atoms with E-state index in [1.807, 2.05) is 24.3 Å². The van der Waals surface area contributed by atoms with E-state index in [1.165, 1.54) is 0 Å². The molecule has 1 aliphatic rings. The lowest BCUT2D eigenvalue weighted by Crippen LogP contribution is -2.31. The number of hydrogen-bond acceptors (Lipinski definition) is 3. The molecule has 2 rings (SSSR count). The standard InChI is InChI=1S/C12H18N4/c13-11-4-2-1-3-10(11)12(14)16-9-5-7-15-8-6-9/h1-4,9,15H,5-8,13H2,(H2,14,16). The van der Waals surface area contributed by atoms with Crippen LogP contribution in [0.25, 0.3) is 0 Å². The Morgan fingerprint density at radius 2 is 1.94 bits per heavy atom. The minimum absolute atomic E-state index is 0.334. The van der Waals surface area contributed by atoms with Gasteiger partial charge >= 0.3 is 0 Å². The van der Waals surface area contributed by atoms with Crippen molar-refractivity contribution in [3.8, 4) is 0 Å². The molecule has 0 aliphatic carbocycles. The molecule has 16 heavy (non-hydrogen) atoms. The average molecular weight is 218 g/mol. The normalized spacial score (nSPS) is 18.6. The molecule has 0 unspecified atom stereocenters. The van der Waals surface area contributed by atoms with Gasteiger partial charge < -0.3 is 16.8 Å². The summed E-state index contributed by atoms with van der Waals surface area (Å²) in [5.41, 5.74) is 13.4. The van der Waals surface area contributed by atoms with Crippen LogP contribution in [0.5, 0.6) is 0 Å². The van der Waals surface area contributed by atoms with Crippen LogP contribution in [0.15, 0.2) is 29.3 Å². The maximum absolute atomic E-state index is 5.98. The third kappa shape index (κ3) is 2.52. The number of hydrogen-bond donors (Lipinski definition) is 3. The highest BCUT2D eigenvalue weighted by Crippen LogP contribution is 2.13. The molecular formula is C12H18N4. The van der Waals surface area contributed by atoms with E-state index in [2.05, 4.69) is 10.3 Å². The SMILES string of the molecule is NC(=NC1CCNCC1)c1ccccc1N. The van der Waals surface area contributed by atoms with Gasteiger partial charge in [-0.2, -0.15) is 0 Å². The highest BCUT2D eigenvalue weighted by Gasteiger charge is 2.12. The molecule has 1 aromatic rings. The van der Waals surface area contributed by atoms with E-state index in [9.17, 15) is 0 Å². The molecule has 86 valence electrons. The number of nitrogens with zero attached hydrogens (tertiary/aromatic N) is 1. The zero-order valence-corrected chi connectivity index (χ0v) is 9.32. The number of amidine groups is 1. The number of nitrogens with one attached hydrogen (secondary N) is 1. The van der Waals surface area contributed by atoms with Gasteiger partial charge in [-0.3, -0.25) is 4.99 Å². The molecular weight excluding hydrogens is 200 g/mol. The van der Waals surface area contributed by atoms with E-state index in [0.717, 1.165) is 31.5 Å². The number of para-hydroxylation sites is 1. The summed E-state index contributed by atoms with van der Waals surface area (Å²) in [6, 6.07) is 7.92. The monoisotopic (exact) mass is 218 g/mol. The Kier molecular flexibility index (Phi) is 3.41. The number of nitrogen functional groups attached to an aromatic ring is 1. The summed E-state index contributed by atoms with van der Waals surface area (Å²) < 4.78 is 0. The smallest absolute Gasteiger partial charge is 0.127 e. The number of aliphatic imine (C=N–C) groups is 1. The number of nitrogens with two attached hydrogens (primary N) is 2. The minimum Gasteiger partial charge on any atom is -0.398 e. The van der Waals surface area contributed by atoms with Gasteiger partial charge in [0.1, 0.15) is 5.84 Å². The molecule has 0 amide bonds. The van der Waals surface area contributed by atoms with Crippen molar-refractivity contribution in [3.63, 3.8) is 0 Å². The first-order chi connectivity index (χ1) is 7.77. The van der Waals surface area contributed by atoms with Gasteiger partial charge in [0.2, 0.25) is 0 Å². The molecule has 0 atom stereocenters. The van der Waals surface area contributed by atoms with Crippen LogP contribution in [0.2, 0.25) is 0 Å². The molecule has 0 bridgehead atoms. The summed E-state index contributed by atoms with van der Waals surface area (Å²) in [6.45, 7) is 2.04. The van der Waals surface area contributed by atoms with Gasteiger partial charge in [0.15, 0.2) is 0 Å². The summed E-state index contributed by atoms with van der Waals surface area (Å²) in [6.07, 6.45) is 2.10. The second-order valence-corrected chi connectivity index (χ2v) is 4.08. The zero-order chi connectivity index (χ0) is 11.4. The summed E-state index contributed by atoms with van der Waals surface area (Å²) in [5.74, 6) is 0.560. The maximum atomic E-state index is 5.98. The predicted molar refractivity (Wildman–Crippen MR) is 67.5 cm³/mol. The molecule has 1 heterocycles. The molecule has 4 heteroatoms. The van der Waals surface area contributed by atoms with Crippen LogP contribution in [0.4, 0.5) is 5.69 Å². The highest BCUT2D eigenvalue weighted by molar-refractivity contribution is 6.02. The Morgan fingerprint density at radius 3 is 2.62 bits per heavy atom. The van der Waals surface area contributed by atoms with Crippen molar-refractivity contribution in [1.29, 1.82) is 0 Å². The Hall–Kier alpha value is -1.55. The van der Waals surface area contributed by atoms with Crippen molar-refractivity contribution in [1.82, 2.24) is 5.32 Å². The van der Waals surface area contributed by atoms with Gasteiger partial charge in [0, 0.05) is 11.3 Å². The fourth-order valence-corrected chi connectivity index (χ4v) is 1.93. The van der Waals surface area contributed by atoms with Crippen LogP contribution < -0.4 is 16.8 Å². The Balaban J connectivity index is 2.14. The van der Waals surface area contributed by atoms with Crippen LogP contribution in [0.3, 0.4) is 0 Å². The first-order valence-electron chi connectivity index (χ1n) is 5.66. The molecule has 0 aromatic heterocycles. The zero-order valence-electron chi connectivity index (χ0n) is 9.32. The van der Waals surface area contributed by atoms with Crippen LogP contribution in [0.1, 0.15) is 18.4 Å². The summed E-state index contributed by atoms with van der Waals surface area (Å²) in [5, 5.41) is 3.30. The van der Waals surface area contributed by atoms with E-state index < -0.39 is 0 Å². The lowest BCUT2D eigenvalue weighted by molar-refractivity contribution is 0.459. The Morgan fingerprint density at radius 1 is 1.25 bits per heavy atom. The third-order valence-corrected chi connectivity index (χ3v) is 2.87. The molecule has 4 nitrogen and oxygen atoms in total. The minimum atomic E-state index is 0.334. The molecule has 0 spiro atoms. The lowest BCUT2D eigenvalue weighted by Gasteiger charge is -2.19. The van der Waals surface area contributed by atoms with Crippen molar-refractivity contribution in [2.24, 2.45) is 10.7 Å². The predicted octanol–water partition coefficient (Wildman–Crippen LogP) is 0.726. The van der Waals surface area contributed by atoms with Gasteiger partial charge in [0.25, 0.3) is 0 Å². The lowest BCUT2D eigenvalue weighted by atomic mass is 10.1. The van der Waals surface area contributed by atoms with E-state index in [-0.39, 0.29) is 0 Å². The van der Waals surface area contributed by atoms with Gasteiger partial charge in [-0.05, 0) is 38.1 Å². The fourth-order valence-electron chi connectivity index (χ4n) is 1.93. The van der Waals surface area contributed by atoms with Crippen LogP contribution in [0, 0.1) is 0 Å². The van der Waals surface area contributed by atoms with Crippen molar-refractivity contribution < 1.29 is 0 Å². The van der Waals surface area contributed by atoms with Gasteiger partial charge in [-0.15, -0.1) is 0 Å². The number of rotatable bonds is 2. The third-order valence-electron chi connectivity index (χ3n) is 2.87. The molecule has 1 saturated heterocycles. The fraction of sp³-hybridized carbons (Fsp3) is 0.417. The molecule has 0 radical (unpaired) electrons. The second-order valence-electron chi connectivity index (χ2n) is 4.08. The van der Waals surface area contributed by atoms with Crippen LogP contribution in [-0.4, -0.2) is 25.0 Å². The average Bonchev–Trinajstić information content (AvgIpc) is 2.31. The van der Waals surface area contributed by atoms with E-state index in [1.54, 1.807) is 0 Å². The van der Waals surface area contributed by atoms with E-state index >= 15 is 0 Å². The number of benzene rings is 1. The Bertz CT molecular complexity index is 380. The molecule has 1 fully saturated rings. The van der Waals surface area contributed by atoms with Crippen molar-refractivity contribution in [2.45, 2.75) is 18.9 Å². The van der Waals surface area contributed by atoms with Crippen molar-refractivity contribution in [2.75, 3.05) is 18.8 Å². The maximum Gasteiger partial charge on any atom is 0.127 e. The van der Waals surface area contributed by atoms with Crippen molar-refractivity contribution in [3.05, 3.63) is 29.8 Å². The second kappa shape index (κ2) is 4.99. The largest absolute Gasteiger partial charge is 0.398 e. The van der Waals surface area contributed by atoms with E-state index in [0.29, 0.717) is 17.6 Å². The number of piperidine rings is 1. The number of anilines is 1. The van der Waals surface area contributed by atoms with Gasteiger partial charge in [-0.1, -0.05) is 12.1 Å². The summed E-state index contributed by atoms with van der Waals surface area (Å²) >= 11 is 0. The molecule has 0 saturated carbocycles. The van der Waals surface area contributed by atoms with Crippen molar-refractivity contribution >= 4 is 11.5 Å². The first-order valence-corrected chi connectivity index (χ1v) is 5.66. The first kappa shape index (κ1) is 11.0. The topological polar surface area (TPSA) is 76.4 Å². The highest BCUT2D eigenvalue weighted by atomic mass is 14.9. The van der Waals surface area contributed by atoms with Gasteiger partial charge in [-0.25, -0.2) is 0 Å². The molecule has 5 N–H and O–H groups in total. The molecule has 1 aliphatic heterocycles. The quantitative estimate of drug-likeness (QED) is 0.389.